The number of aryl methyl sites for hydroxylation is 1. The molecular weight excluding hydrogens is 343 g/mol. The number of carbonyl (C=O) groups excluding carboxylic acids is 1. The summed E-state index contributed by atoms with van der Waals surface area (Å²) >= 11 is 5.97. The summed E-state index contributed by atoms with van der Waals surface area (Å²) in [6, 6.07) is 10.2. The molecular formula is C19H22ClFN2O2. The van der Waals surface area contributed by atoms with Gasteiger partial charge in [0, 0.05) is 17.3 Å². The van der Waals surface area contributed by atoms with E-state index in [2.05, 4.69) is 5.32 Å². The number of hydrogen-bond donors (Lipinski definition) is 1. The Bertz CT molecular complexity index is 752. The van der Waals surface area contributed by atoms with Crippen LogP contribution in [0.5, 0.6) is 5.75 Å². The summed E-state index contributed by atoms with van der Waals surface area (Å²) in [5.74, 6) is -0.336. The first kappa shape index (κ1) is 19.2. The van der Waals surface area contributed by atoms with Crippen molar-refractivity contribution in [3.63, 3.8) is 0 Å². The van der Waals surface area contributed by atoms with Crippen LogP contribution in [0.4, 0.5) is 10.1 Å². The monoisotopic (exact) mass is 364 g/mol. The first-order valence-electron chi connectivity index (χ1n) is 8.03. The average Bonchev–Trinajstić information content (AvgIpc) is 2.57. The fourth-order valence-electron chi connectivity index (χ4n) is 2.47. The number of benzene rings is 2. The number of halogens is 2. The minimum atomic E-state index is -0.407. The molecule has 0 atom stereocenters. The molecule has 134 valence electrons. The summed E-state index contributed by atoms with van der Waals surface area (Å²) in [6.45, 7) is 5.20. The molecule has 0 bridgehead atoms. The average molecular weight is 365 g/mol. The molecule has 0 aliphatic rings. The number of carbonyl (C=O) groups is 1. The fourth-order valence-corrected chi connectivity index (χ4v) is 2.64. The minimum absolute atomic E-state index is 0.138. The Morgan fingerprint density at radius 3 is 2.68 bits per heavy atom. The van der Waals surface area contributed by atoms with E-state index in [1.165, 1.54) is 13.2 Å². The predicted octanol–water partition coefficient (Wildman–Crippen LogP) is 4.26. The van der Waals surface area contributed by atoms with Gasteiger partial charge in [0.25, 0.3) is 0 Å². The van der Waals surface area contributed by atoms with E-state index in [0.29, 0.717) is 23.8 Å². The van der Waals surface area contributed by atoms with Gasteiger partial charge in [-0.3, -0.25) is 9.69 Å². The van der Waals surface area contributed by atoms with E-state index in [-0.39, 0.29) is 18.2 Å². The fraction of sp³-hybridized carbons (Fsp3) is 0.316. The lowest BCUT2D eigenvalue weighted by Gasteiger charge is -2.20. The lowest BCUT2D eigenvalue weighted by atomic mass is 10.2. The van der Waals surface area contributed by atoms with E-state index in [1.54, 1.807) is 24.3 Å². The molecule has 2 rings (SSSR count). The normalized spacial score (nSPS) is 10.8. The predicted molar refractivity (Wildman–Crippen MR) is 98.7 cm³/mol. The number of likely N-dealkylation sites (N-methyl/N-ethyl adjacent to an activating group) is 1. The van der Waals surface area contributed by atoms with Gasteiger partial charge in [-0.15, -0.1) is 0 Å². The van der Waals surface area contributed by atoms with Crippen molar-refractivity contribution in [2.24, 2.45) is 0 Å². The molecule has 2 aromatic carbocycles. The maximum Gasteiger partial charge on any atom is 0.238 e. The van der Waals surface area contributed by atoms with Crippen LogP contribution in [0.3, 0.4) is 0 Å². The minimum Gasteiger partial charge on any atom is -0.494 e. The summed E-state index contributed by atoms with van der Waals surface area (Å²) in [7, 11) is 1.43. The van der Waals surface area contributed by atoms with E-state index < -0.39 is 5.82 Å². The van der Waals surface area contributed by atoms with Gasteiger partial charge in [0.15, 0.2) is 11.6 Å². The Balaban J connectivity index is 2.00. The van der Waals surface area contributed by atoms with Crippen LogP contribution in [0.2, 0.25) is 5.02 Å². The number of methoxy groups -OCH3 is 1. The maximum absolute atomic E-state index is 13.8. The van der Waals surface area contributed by atoms with Gasteiger partial charge in [0.1, 0.15) is 0 Å². The second-order valence-electron chi connectivity index (χ2n) is 5.78. The van der Waals surface area contributed by atoms with Gasteiger partial charge in [-0.05, 0) is 48.9 Å². The third kappa shape index (κ3) is 5.44. The Morgan fingerprint density at radius 1 is 1.28 bits per heavy atom. The molecule has 6 heteroatoms. The number of amides is 1. The number of nitrogens with one attached hydrogen (secondary N) is 1. The highest BCUT2D eigenvalue weighted by molar-refractivity contribution is 6.31. The lowest BCUT2D eigenvalue weighted by molar-refractivity contribution is -0.117. The van der Waals surface area contributed by atoms with Crippen LogP contribution in [-0.4, -0.2) is 31.0 Å². The van der Waals surface area contributed by atoms with Crippen molar-refractivity contribution in [2.75, 3.05) is 25.5 Å². The third-order valence-electron chi connectivity index (χ3n) is 3.91. The van der Waals surface area contributed by atoms with Gasteiger partial charge >= 0.3 is 0 Å². The number of anilines is 1. The zero-order valence-electron chi connectivity index (χ0n) is 14.6. The summed E-state index contributed by atoms with van der Waals surface area (Å²) in [5.41, 5.74) is 2.42. The molecule has 1 amide bonds. The van der Waals surface area contributed by atoms with E-state index in [0.717, 1.165) is 11.1 Å². The van der Waals surface area contributed by atoms with Crippen LogP contribution in [-0.2, 0) is 11.3 Å². The second-order valence-corrected chi connectivity index (χ2v) is 6.22. The molecule has 0 aromatic heterocycles. The number of rotatable bonds is 7. The van der Waals surface area contributed by atoms with E-state index in [1.807, 2.05) is 24.8 Å². The van der Waals surface area contributed by atoms with Crippen molar-refractivity contribution < 1.29 is 13.9 Å². The van der Waals surface area contributed by atoms with Crippen molar-refractivity contribution in [2.45, 2.75) is 20.4 Å². The lowest BCUT2D eigenvalue weighted by Crippen LogP contribution is -2.33. The number of hydrogen-bond acceptors (Lipinski definition) is 3. The van der Waals surface area contributed by atoms with Crippen molar-refractivity contribution in [1.29, 1.82) is 0 Å². The summed E-state index contributed by atoms with van der Waals surface area (Å²) in [6.07, 6.45) is 0. The molecule has 0 spiro atoms. The van der Waals surface area contributed by atoms with E-state index in [9.17, 15) is 9.18 Å². The highest BCUT2D eigenvalue weighted by atomic mass is 35.5. The molecule has 2 aromatic rings. The molecule has 4 nitrogen and oxygen atoms in total. The van der Waals surface area contributed by atoms with Crippen LogP contribution in [0.15, 0.2) is 36.4 Å². The second kappa shape index (κ2) is 8.83. The Hall–Kier alpha value is -2.11. The maximum atomic E-state index is 13.8. The largest absolute Gasteiger partial charge is 0.494 e. The van der Waals surface area contributed by atoms with Crippen molar-refractivity contribution in [3.05, 3.63) is 58.4 Å². The van der Waals surface area contributed by atoms with Crippen LogP contribution in [0.25, 0.3) is 0 Å². The molecule has 0 radical (unpaired) electrons. The first-order chi connectivity index (χ1) is 11.9. The SMILES string of the molecule is CCN(CC(=O)Nc1cc(Cl)ccc1C)Cc1ccc(OC)c(F)c1. The first-order valence-corrected chi connectivity index (χ1v) is 8.41. The molecule has 0 heterocycles. The summed E-state index contributed by atoms with van der Waals surface area (Å²) < 4.78 is 18.7. The highest BCUT2D eigenvalue weighted by Crippen LogP contribution is 2.21. The zero-order valence-corrected chi connectivity index (χ0v) is 15.4. The summed E-state index contributed by atoms with van der Waals surface area (Å²) in [5, 5.41) is 3.44. The standard InChI is InChI=1S/C19H22ClFN2O2/c1-4-23(11-14-6-8-18(25-3)16(21)9-14)12-19(24)22-17-10-15(20)7-5-13(17)2/h5-10H,4,11-12H2,1-3H3,(H,22,24). The quantitative estimate of drug-likeness (QED) is 0.798. The number of nitrogens with zero attached hydrogens (tertiary/aromatic N) is 1. The Kier molecular flexibility index (Phi) is 6.79. The molecule has 25 heavy (non-hydrogen) atoms. The van der Waals surface area contributed by atoms with Crippen LogP contribution >= 0.6 is 11.6 Å². The number of ether oxygens (including phenoxy) is 1. The third-order valence-corrected chi connectivity index (χ3v) is 4.15. The molecule has 0 saturated carbocycles. The van der Waals surface area contributed by atoms with Crippen LogP contribution in [0.1, 0.15) is 18.1 Å². The van der Waals surface area contributed by atoms with E-state index >= 15 is 0 Å². The topological polar surface area (TPSA) is 41.6 Å². The van der Waals surface area contributed by atoms with Crippen LogP contribution in [0, 0.1) is 12.7 Å². The summed E-state index contributed by atoms with van der Waals surface area (Å²) in [4.78, 5) is 14.2. The highest BCUT2D eigenvalue weighted by Gasteiger charge is 2.12. The van der Waals surface area contributed by atoms with Gasteiger partial charge < -0.3 is 10.1 Å². The molecule has 0 unspecified atom stereocenters. The van der Waals surface area contributed by atoms with Crippen molar-refractivity contribution in [1.82, 2.24) is 4.90 Å². The van der Waals surface area contributed by atoms with Gasteiger partial charge in [-0.25, -0.2) is 4.39 Å². The molecule has 0 fully saturated rings. The van der Waals surface area contributed by atoms with Gasteiger partial charge in [-0.2, -0.15) is 0 Å². The van der Waals surface area contributed by atoms with E-state index in [4.69, 9.17) is 16.3 Å². The Morgan fingerprint density at radius 2 is 2.04 bits per heavy atom. The van der Waals surface area contributed by atoms with Crippen LogP contribution < -0.4 is 10.1 Å². The molecule has 1 N–H and O–H groups in total. The van der Waals surface area contributed by atoms with Crippen molar-refractivity contribution in [3.8, 4) is 5.75 Å². The van der Waals surface area contributed by atoms with Gasteiger partial charge in [0.2, 0.25) is 5.91 Å². The zero-order chi connectivity index (χ0) is 18.4. The molecule has 0 saturated heterocycles. The van der Waals surface area contributed by atoms with Gasteiger partial charge in [-0.1, -0.05) is 30.7 Å². The smallest absolute Gasteiger partial charge is 0.238 e. The molecule has 0 aliphatic carbocycles. The Labute approximate surface area is 152 Å². The van der Waals surface area contributed by atoms with Gasteiger partial charge in [0.05, 0.1) is 13.7 Å². The van der Waals surface area contributed by atoms with Crippen molar-refractivity contribution >= 4 is 23.2 Å². The molecule has 0 aliphatic heterocycles.